The summed E-state index contributed by atoms with van der Waals surface area (Å²) < 4.78 is 1.25. The van der Waals surface area contributed by atoms with Crippen LogP contribution in [-0.2, 0) is 0 Å². The van der Waals surface area contributed by atoms with Gasteiger partial charge in [-0.2, -0.15) is 0 Å². The number of hydrogen-bond acceptors (Lipinski definition) is 0. The van der Waals surface area contributed by atoms with Crippen LogP contribution in [0.4, 0.5) is 0 Å². The zero-order valence-electron chi connectivity index (χ0n) is 30.2. The van der Waals surface area contributed by atoms with Crippen LogP contribution < -0.4 is 0 Å². The van der Waals surface area contributed by atoms with Gasteiger partial charge < -0.3 is 0 Å². The van der Waals surface area contributed by atoms with Gasteiger partial charge in [-0.3, -0.25) is 0 Å². The molecule has 1 heteroatoms. The largest absolute Gasteiger partial charge is 0.0622 e. The Labute approximate surface area is 337 Å². The smallest absolute Gasteiger partial charge is 0.0287 e. The molecule has 55 heavy (non-hydrogen) atoms. The van der Waals surface area contributed by atoms with E-state index in [1.165, 1.54) is 92.6 Å². The monoisotopic (exact) mass is 812 g/mol. The van der Waals surface area contributed by atoms with Crippen molar-refractivity contribution in [2.24, 2.45) is 0 Å². The molecule has 0 heterocycles. The molecule has 0 spiro atoms. The molecule has 0 aliphatic rings. The third-order valence-electron chi connectivity index (χ3n) is 10.4. The summed E-state index contributed by atoms with van der Waals surface area (Å²) in [4.78, 5) is 0. The lowest BCUT2D eigenvalue weighted by atomic mass is 9.92. The second-order valence-electron chi connectivity index (χ2n) is 13.9. The molecule has 260 valence electrons. The average molecular weight is 813 g/mol. The molecule has 0 aromatic heterocycles. The minimum atomic E-state index is 1.20. The molecule has 0 saturated carbocycles. The highest BCUT2D eigenvalue weighted by Crippen LogP contribution is 2.38. The van der Waals surface area contributed by atoms with Crippen LogP contribution in [0.5, 0.6) is 0 Å². The first-order valence-corrected chi connectivity index (χ1v) is 19.8. The first-order chi connectivity index (χ1) is 27.2. The fraction of sp³-hybridized carbons (Fsp3) is 0. The quantitative estimate of drug-likeness (QED) is 0.134. The molecule has 9 aromatic rings. The molecule has 0 nitrogen and oxygen atoms in total. The van der Waals surface area contributed by atoms with E-state index in [0.29, 0.717) is 0 Å². The van der Waals surface area contributed by atoms with Crippen molar-refractivity contribution >= 4 is 22.6 Å². The number of halogens is 1. The van der Waals surface area contributed by atoms with E-state index in [1.54, 1.807) is 0 Å². The van der Waals surface area contributed by atoms with E-state index in [9.17, 15) is 0 Å². The molecule has 9 aromatic carbocycles. The molecule has 0 saturated heterocycles. The number of hydrogen-bond donors (Lipinski definition) is 0. The minimum Gasteiger partial charge on any atom is -0.0622 e. The van der Waals surface area contributed by atoms with Gasteiger partial charge in [0.25, 0.3) is 0 Å². The summed E-state index contributed by atoms with van der Waals surface area (Å²) in [6.07, 6.45) is 0. The van der Waals surface area contributed by atoms with Gasteiger partial charge in [-0.25, -0.2) is 0 Å². The van der Waals surface area contributed by atoms with Gasteiger partial charge >= 0.3 is 0 Å². The van der Waals surface area contributed by atoms with Gasteiger partial charge in [0.05, 0.1) is 0 Å². The van der Waals surface area contributed by atoms with Gasteiger partial charge in [-0.05, 0) is 148 Å². The molecule has 0 unspecified atom stereocenters. The van der Waals surface area contributed by atoms with Crippen LogP contribution in [0.2, 0.25) is 0 Å². The van der Waals surface area contributed by atoms with E-state index in [-0.39, 0.29) is 0 Å². The van der Waals surface area contributed by atoms with Crippen molar-refractivity contribution in [3.63, 3.8) is 0 Å². The summed E-state index contributed by atoms with van der Waals surface area (Å²) in [5.41, 5.74) is 19.4. The summed E-state index contributed by atoms with van der Waals surface area (Å²) in [7, 11) is 0. The Balaban J connectivity index is 1.03. The normalized spacial score (nSPS) is 11.0. The standard InChI is InChI=1S/C54H37I/c55-54-52(44-28-24-42(25-29-44)50-34-46(38-14-5-1-6-15-38)32-47(35-50)39-16-7-2-8-17-39)22-13-23-53(54)45-30-26-43(27-31-45)51-36-48(40-18-9-3-10-19-40)33-49(37-51)41-20-11-4-12-21-41/h1-37H. The highest BCUT2D eigenvalue weighted by atomic mass is 127. The second-order valence-corrected chi connectivity index (χ2v) is 15.0. The summed E-state index contributed by atoms with van der Waals surface area (Å²) in [5, 5.41) is 0. The molecular formula is C54H37I. The number of benzene rings is 9. The first-order valence-electron chi connectivity index (χ1n) is 18.7. The molecule has 9 rings (SSSR count). The second kappa shape index (κ2) is 15.6. The molecule has 0 N–H and O–H groups in total. The lowest BCUT2D eigenvalue weighted by molar-refractivity contribution is 1.53. The van der Waals surface area contributed by atoms with E-state index in [2.05, 4.69) is 247 Å². The molecule has 0 aliphatic carbocycles. The van der Waals surface area contributed by atoms with Gasteiger partial charge in [0, 0.05) is 3.57 Å². The topological polar surface area (TPSA) is 0 Å². The average Bonchev–Trinajstić information content (AvgIpc) is 3.27. The van der Waals surface area contributed by atoms with Crippen molar-refractivity contribution in [1.82, 2.24) is 0 Å². The minimum absolute atomic E-state index is 1.20. The fourth-order valence-corrected chi connectivity index (χ4v) is 8.42. The molecule has 0 fully saturated rings. The molecule has 0 aliphatic heterocycles. The molecule has 0 amide bonds. The van der Waals surface area contributed by atoms with Crippen molar-refractivity contribution in [3.8, 4) is 89.0 Å². The molecule has 0 atom stereocenters. The van der Waals surface area contributed by atoms with Crippen molar-refractivity contribution in [2.75, 3.05) is 0 Å². The Hall–Kier alpha value is -6.29. The van der Waals surface area contributed by atoms with E-state index in [0.717, 1.165) is 0 Å². The van der Waals surface area contributed by atoms with Crippen molar-refractivity contribution in [3.05, 3.63) is 228 Å². The Morgan fingerprint density at radius 2 is 0.400 bits per heavy atom. The van der Waals surface area contributed by atoms with Gasteiger partial charge in [0.15, 0.2) is 0 Å². The summed E-state index contributed by atoms with van der Waals surface area (Å²) in [6, 6.07) is 81.2. The van der Waals surface area contributed by atoms with Crippen LogP contribution in [0.15, 0.2) is 224 Å². The maximum atomic E-state index is 2.53. The van der Waals surface area contributed by atoms with Gasteiger partial charge in [0.1, 0.15) is 0 Å². The third kappa shape index (κ3) is 7.45. The Morgan fingerprint density at radius 3 is 0.655 bits per heavy atom. The zero-order chi connectivity index (χ0) is 37.0. The summed E-state index contributed by atoms with van der Waals surface area (Å²) in [6.45, 7) is 0. The first kappa shape index (κ1) is 34.5. The van der Waals surface area contributed by atoms with E-state index >= 15 is 0 Å². The van der Waals surface area contributed by atoms with Crippen LogP contribution in [0.25, 0.3) is 89.0 Å². The number of rotatable bonds is 8. The highest BCUT2D eigenvalue weighted by molar-refractivity contribution is 14.1. The lowest BCUT2D eigenvalue weighted by Crippen LogP contribution is -1.90. The van der Waals surface area contributed by atoms with Gasteiger partial charge in [0.2, 0.25) is 0 Å². The predicted octanol–water partition coefficient (Wildman–Crippen LogP) is 15.6. The van der Waals surface area contributed by atoms with Crippen molar-refractivity contribution < 1.29 is 0 Å². The Morgan fingerprint density at radius 1 is 0.182 bits per heavy atom. The van der Waals surface area contributed by atoms with Crippen molar-refractivity contribution in [1.29, 1.82) is 0 Å². The summed E-state index contributed by atoms with van der Waals surface area (Å²) in [5.74, 6) is 0. The SMILES string of the molecule is Ic1c(-c2ccc(-c3cc(-c4ccccc4)cc(-c4ccccc4)c3)cc2)cccc1-c1ccc(-c2cc(-c3ccccc3)cc(-c3ccccc3)c2)cc1. The molecule has 0 bridgehead atoms. The molecule has 0 radical (unpaired) electrons. The van der Waals surface area contributed by atoms with Crippen LogP contribution >= 0.6 is 22.6 Å². The lowest BCUT2D eigenvalue weighted by Gasteiger charge is -2.14. The van der Waals surface area contributed by atoms with E-state index < -0.39 is 0 Å². The van der Waals surface area contributed by atoms with Crippen LogP contribution in [0.3, 0.4) is 0 Å². The van der Waals surface area contributed by atoms with Gasteiger partial charge in [-0.15, -0.1) is 0 Å². The van der Waals surface area contributed by atoms with Crippen LogP contribution in [-0.4, -0.2) is 0 Å². The molecular weight excluding hydrogens is 775 g/mol. The van der Waals surface area contributed by atoms with E-state index in [1.807, 2.05) is 0 Å². The predicted molar refractivity (Wildman–Crippen MR) is 243 cm³/mol. The zero-order valence-corrected chi connectivity index (χ0v) is 32.4. The summed E-state index contributed by atoms with van der Waals surface area (Å²) >= 11 is 2.53. The van der Waals surface area contributed by atoms with Gasteiger partial charge in [-0.1, -0.05) is 188 Å². The Kier molecular flexibility index (Phi) is 9.77. The maximum Gasteiger partial charge on any atom is 0.0287 e. The van der Waals surface area contributed by atoms with E-state index in [4.69, 9.17) is 0 Å². The Bertz CT molecular complexity index is 2390. The van der Waals surface area contributed by atoms with Crippen LogP contribution in [0, 0.1) is 3.57 Å². The maximum absolute atomic E-state index is 2.53. The third-order valence-corrected chi connectivity index (χ3v) is 11.5. The van der Waals surface area contributed by atoms with Crippen LogP contribution in [0.1, 0.15) is 0 Å². The van der Waals surface area contributed by atoms with Crippen molar-refractivity contribution in [2.45, 2.75) is 0 Å². The fourth-order valence-electron chi connectivity index (χ4n) is 7.44. The highest BCUT2D eigenvalue weighted by Gasteiger charge is 2.13.